The number of H-pyrrole nitrogens is 1. The van der Waals surface area contributed by atoms with E-state index in [2.05, 4.69) is 4.98 Å². The summed E-state index contributed by atoms with van der Waals surface area (Å²) >= 11 is 0. The minimum absolute atomic E-state index is 0.0933. The Balaban J connectivity index is 1.44. The van der Waals surface area contributed by atoms with Gasteiger partial charge in [0.15, 0.2) is 0 Å². The van der Waals surface area contributed by atoms with Crippen LogP contribution in [0.1, 0.15) is 61.9 Å². The van der Waals surface area contributed by atoms with Crippen LogP contribution in [0, 0.1) is 5.92 Å². The predicted molar refractivity (Wildman–Crippen MR) is 112 cm³/mol. The Morgan fingerprint density at radius 3 is 2.20 bits per heavy atom. The third-order valence-electron chi connectivity index (χ3n) is 6.57. The number of carbonyl (C=O) groups is 2. The van der Waals surface area contributed by atoms with Crippen molar-refractivity contribution in [1.82, 2.24) is 19.1 Å². The first-order valence-electron chi connectivity index (χ1n) is 11.2. The smallest absolute Gasteiger partial charge is 0.270 e. The lowest BCUT2D eigenvalue weighted by Gasteiger charge is -2.34. The molecule has 0 saturated carbocycles. The standard InChI is InChI=1S/C21H32N4O4S/c26-20(23-9-3-1-2-4-10-23)17-8-7-13-25(16-17)30(28,29)18-14-19(22-15-18)21(27)24-11-5-6-12-24/h14-15,17,22H,1-13,16H2. The molecule has 30 heavy (non-hydrogen) atoms. The van der Waals surface area contributed by atoms with Crippen molar-refractivity contribution >= 4 is 21.8 Å². The highest BCUT2D eigenvalue weighted by molar-refractivity contribution is 7.89. The fraction of sp³-hybridized carbons (Fsp3) is 0.714. The number of piperidine rings is 1. The van der Waals surface area contributed by atoms with Crippen LogP contribution < -0.4 is 0 Å². The van der Waals surface area contributed by atoms with Crippen molar-refractivity contribution < 1.29 is 18.0 Å². The lowest BCUT2D eigenvalue weighted by Crippen LogP contribution is -2.46. The largest absolute Gasteiger partial charge is 0.356 e. The fourth-order valence-corrected chi connectivity index (χ4v) is 6.32. The van der Waals surface area contributed by atoms with Gasteiger partial charge in [-0.2, -0.15) is 4.31 Å². The maximum Gasteiger partial charge on any atom is 0.270 e. The molecule has 166 valence electrons. The van der Waals surface area contributed by atoms with Crippen LogP contribution in [0.5, 0.6) is 0 Å². The van der Waals surface area contributed by atoms with Crippen molar-refractivity contribution in [2.45, 2.75) is 56.3 Å². The third kappa shape index (κ3) is 4.42. The van der Waals surface area contributed by atoms with E-state index in [0.717, 1.165) is 58.0 Å². The van der Waals surface area contributed by atoms with Gasteiger partial charge in [0.1, 0.15) is 10.6 Å². The van der Waals surface area contributed by atoms with E-state index in [1.165, 1.54) is 16.6 Å². The van der Waals surface area contributed by atoms with Gasteiger partial charge < -0.3 is 14.8 Å². The molecule has 8 nitrogen and oxygen atoms in total. The molecule has 4 rings (SSSR count). The van der Waals surface area contributed by atoms with Gasteiger partial charge >= 0.3 is 0 Å². The number of amides is 2. The van der Waals surface area contributed by atoms with Gasteiger partial charge in [0.05, 0.1) is 5.92 Å². The van der Waals surface area contributed by atoms with Crippen molar-refractivity contribution in [1.29, 1.82) is 0 Å². The third-order valence-corrected chi connectivity index (χ3v) is 8.41. The van der Waals surface area contributed by atoms with Crippen LogP contribution in [-0.2, 0) is 14.8 Å². The number of rotatable bonds is 4. The zero-order valence-corrected chi connectivity index (χ0v) is 18.3. The first kappa shape index (κ1) is 21.4. The molecule has 1 unspecified atom stereocenters. The number of aromatic amines is 1. The summed E-state index contributed by atoms with van der Waals surface area (Å²) in [5, 5.41) is 0. The average molecular weight is 437 g/mol. The topological polar surface area (TPSA) is 93.8 Å². The second kappa shape index (κ2) is 9.09. The van der Waals surface area contributed by atoms with Crippen LogP contribution in [0.3, 0.4) is 0 Å². The second-order valence-electron chi connectivity index (χ2n) is 8.69. The van der Waals surface area contributed by atoms with Gasteiger partial charge in [-0.25, -0.2) is 8.42 Å². The Morgan fingerprint density at radius 2 is 1.50 bits per heavy atom. The summed E-state index contributed by atoms with van der Waals surface area (Å²) in [6, 6.07) is 1.44. The first-order chi connectivity index (χ1) is 14.5. The summed E-state index contributed by atoms with van der Waals surface area (Å²) in [4.78, 5) is 32.2. The molecule has 1 atom stereocenters. The van der Waals surface area contributed by atoms with Gasteiger partial charge in [-0.15, -0.1) is 0 Å². The Kier molecular flexibility index (Phi) is 6.48. The first-order valence-corrected chi connectivity index (χ1v) is 12.7. The molecule has 3 fully saturated rings. The van der Waals surface area contributed by atoms with Crippen LogP contribution in [0.4, 0.5) is 0 Å². The number of nitrogens with zero attached hydrogens (tertiary/aromatic N) is 3. The molecule has 1 aromatic heterocycles. The number of aromatic nitrogens is 1. The molecule has 3 aliphatic heterocycles. The van der Waals surface area contributed by atoms with Gasteiger partial charge in [-0.3, -0.25) is 9.59 Å². The molecule has 9 heteroatoms. The normalized spacial score (nSPS) is 24.1. The molecule has 0 aromatic carbocycles. The van der Waals surface area contributed by atoms with Crippen LogP contribution in [0.2, 0.25) is 0 Å². The maximum atomic E-state index is 13.2. The van der Waals surface area contributed by atoms with E-state index >= 15 is 0 Å². The molecule has 1 aromatic rings. The number of sulfonamides is 1. The van der Waals surface area contributed by atoms with E-state index in [9.17, 15) is 18.0 Å². The fourth-order valence-electron chi connectivity index (χ4n) is 4.80. The highest BCUT2D eigenvalue weighted by Gasteiger charge is 2.36. The van der Waals surface area contributed by atoms with E-state index in [1.54, 1.807) is 4.90 Å². The zero-order valence-electron chi connectivity index (χ0n) is 17.5. The maximum absolute atomic E-state index is 13.2. The molecule has 0 aliphatic carbocycles. The summed E-state index contributed by atoms with van der Waals surface area (Å²) in [5.41, 5.74) is 0.310. The van der Waals surface area contributed by atoms with Gasteiger partial charge in [0, 0.05) is 45.5 Å². The molecule has 4 heterocycles. The van der Waals surface area contributed by atoms with Crippen molar-refractivity contribution in [2.24, 2.45) is 5.92 Å². The van der Waals surface area contributed by atoms with Crippen LogP contribution >= 0.6 is 0 Å². The van der Waals surface area contributed by atoms with Gasteiger partial charge in [0.25, 0.3) is 5.91 Å². The highest BCUT2D eigenvalue weighted by atomic mass is 32.2. The summed E-state index contributed by atoms with van der Waals surface area (Å²) in [6.07, 6.45) is 9.13. The summed E-state index contributed by atoms with van der Waals surface area (Å²) in [5.74, 6) is -0.339. The van der Waals surface area contributed by atoms with E-state index in [0.29, 0.717) is 31.7 Å². The Labute approximate surface area is 178 Å². The monoisotopic (exact) mass is 436 g/mol. The van der Waals surface area contributed by atoms with E-state index in [-0.39, 0.29) is 29.2 Å². The number of likely N-dealkylation sites (tertiary alicyclic amines) is 2. The van der Waals surface area contributed by atoms with Gasteiger partial charge in [-0.05, 0) is 44.6 Å². The predicted octanol–water partition coefficient (Wildman–Crippen LogP) is 2.05. The van der Waals surface area contributed by atoms with Crippen molar-refractivity contribution in [3.05, 3.63) is 18.0 Å². The number of hydrogen-bond acceptors (Lipinski definition) is 4. The SMILES string of the molecule is O=C(c1cc(S(=O)(=O)N2CCCC(C(=O)N3CCCCCC3)C2)c[nH]1)N1CCCC1. The Hall–Kier alpha value is -1.87. The molecule has 0 radical (unpaired) electrons. The minimum Gasteiger partial charge on any atom is -0.356 e. The molecular formula is C21H32N4O4S. The van der Waals surface area contributed by atoms with E-state index < -0.39 is 10.0 Å². The van der Waals surface area contributed by atoms with E-state index in [4.69, 9.17) is 0 Å². The molecule has 3 saturated heterocycles. The Bertz CT molecular complexity index is 867. The average Bonchev–Trinajstić information content (AvgIpc) is 3.41. The summed E-state index contributed by atoms with van der Waals surface area (Å²) < 4.78 is 27.8. The van der Waals surface area contributed by atoms with Gasteiger partial charge in [0.2, 0.25) is 15.9 Å². The van der Waals surface area contributed by atoms with Crippen molar-refractivity contribution in [3.63, 3.8) is 0 Å². The van der Waals surface area contributed by atoms with Gasteiger partial charge in [-0.1, -0.05) is 12.8 Å². The summed E-state index contributed by atoms with van der Waals surface area (Å²) in [6.45, 7) is 3.62. The molecular weight excluding hydrogens is 404 g/mol. The van der Waals surface area contributed by atoms with Crippen LogP contribution in [-0.4, -0.2) is 78.6 Å². The van der Waals surface area contributed by atoms with Crippen LogP contribution in [0.25, 0.3) is 0 Å². The Morgan fingerprint density at radius 1 is 0.867 bits per heavy atom. The quantitative estimate of drug-likeness (QED) is 0.782. The van der Waals surface area contributed by atoms with Crippen LogP contribution in [0.15, 0.2) is 17.2 Å². The van der Waals surface area contributed by atoms with Crippen molar-refractivity contribution in [3.8, 4) is 0 Å². The summed E-state index contributed by atoms with van der Waals surface area (Å²) in [7, 11) is -3.74. The number of hydrogen-bond donors (Lipinski definition) is 1. The minimum atomic E-state index is -3.74. The molecule has 1 N–H and O–H groups in total. The zero-order chi connectivity index (χ0) is 21.1. The molecule has 0 spiro atoms. The van der Waals surface area contributed by atoms with Crippen molar-refractivity contribution in [2.75, 3.05) is 39.3 Å². The lowest BCUT2D eigenvalue weighted by molar-refractivity contribution is -0.136. The number of nitrogens with one attached hydrogen (secondary N) is 1. The molecule has 2 amide bonds. The van der Waals surface area contributed by atoms with E-state index in [1.807, 2.05) is 4.90 Å². The lowest BCUT2D eigenvalue weighted by atomic mass is 9.98. The second-order valence-corrected chi connectivity index (χ2v) is 10.6. The number of carbonyl (C=O) groups excluding carboxylic acids is 2. The molecule has 0 bridgehead atoms. The highest BCUT2D eigenvalue weighted by Crippen LogP contribution is 2.26. The molecule has 3 aliphatic rings.